The summed E-state index contributed by atoms with van der Waals surface area (Å²) < 4.78 is 5.44. The predicted molar refractivity (Wildman–Crippen MR) is 105 cm³/mol. The van der Waals surface area contributed by atoms with Crippen LogP contribution in [0, 0.1) is 5.92 Å². The van der Waals surface area contributed by atoms with Crippen molar-refractivity contribution >= 4 is 5.91 Å². The number of nitrogens with one attached hydrogen (secondary N) is 1. The van der Waals surface area contributed by atoms with Crippen LogP contribution in [-0.2, 0) is 6.54 Å². The maximum atomic E-state index is 12.5. The molecule has 1 amide bonds. The van der Waals surface area contributed by atoms with Crippen molar-refractivity contribution < 1.29 is 9.21 Å². The van der Waals surface area contributed by atoms with Crippen molar-refractivity contribution in [3.05, 3.63) is 53.7 Å². The van der Waals surface area contributed by atoms with Gasteiger partial charge < -0.3 is 15.5 Å². The third-order valence-corrected chi connectivity index (χ3v) is 5.47. The molecule has 0 radical (unpaired) electrons. The number of piperidine rings is 1. The van der Waals surface area contributed by atoms with E-state index in [0.717, 1.165) is 38.9 Å². The number of nitrogens with zero attached hydrogens (tertiary/aromatic N) is 2. The van der Waals surface area contributed by atoms with Crippen molar-refractivity contribution in [3.8, 4) is 0 Å². The number of aromatic nitrogens is 1. The molecule has 2 atom stereocenters. The van der Waals surface area contributed by atoms with Crippen molar-refractivity contribution in [2.75, 3.05) is 13.1 Å². The zero-order chi connectivity index (χ0) is 19.2. The fourth-order valence-corrected chi connectivity index (χ4v) is 3.38. The zero-order valence-corrected chi connectivity index (χ0v) is 16.2. The minimum atomic E-state index is -0.280. The lowest BCUT2D eigenvalue weighted by atomic mass is 10.0. The van der Waals surface area contributed by atoms with E-state index in [0.29, 0.717) is 11.6 Å². The largest absolute Gasteiger partial charge is 0.446 e. The first kappa shape index (κ1) is 19.6. The van der Waals surface area contributed by atoms with E-state index in [1.165, 1.54) is 11.8 Å². The number of carbonyl (C=O) groups is 1. The van der Waals surface area contributed by atoms with Gasteiger partial charge in [0.25, 0.3) is 5.91 Å². The fourth-order valence-electron chi connectivity index (χ4n) is 3.38. The van der Waals surface area contributed by atoms with Crippen LogP contribution < -0.4 is 11.1 Å². The number of hydrogen-bond acceptors (Lipinski definition) is 5. The van der Waals surface area contributed by atoms with Gasteiger partial charge in [-0.3, -0.25) is 9.69 Å². The molecular weight excluding hydrogens is 340 g/mol. The van der Waals surface area contributed by atoms with Gasteiger partial charge in [0.1, 0.15) is 6.26 Å². The molecule has 0 spiro atoms. The fraction of sp³-hybridized carbons (Fsp3) is 0.524. The highest BCUT2D eigenvalue weighted by Crippen LogP contribution is 2.21. The van der Waals surface area contributed by atoms with E-state index in [-0.39, 0.29) is 23.9 Å². The second kappa shape index (κ2) is 9.15. The first-order valence-electron chi connectivity index (χ1n) is 9.85. The molecule has 0 bridgehead atoms. The number of carbonyl (C=O) groups excluding carboxylic acids is 1. The summed E-state index contributed by atoms with van der Waals surface area (Å²) in [5, 5.41) is 3.09. The normalized spacial score (nSPS) is 18.2. The minimum Gasteiger partial charge on any atom is -0.446 e. The van der Waals surface area contributed by atoms with Crippen LogP contribution in [0.4, 0.5) is 0 Å². The van der Waals surface area contributed by atoms with Crippen LogP contribution in [0.1, 0.15) is 61.1 Å². The molecule has 2 aromatic rings. The van der Waals surface area contributed by atoms with E-state index >= 15 is 0 Å². The Morgan fingerprint density at radius 3 is 2.70 bits per heavy atom. The summed E-state index contributed by atoms with van der Waals surface area (Å²) in [6.07, 6.45) is 4.23. The van der Waals surface area contributed by atoms with Crippen molar-refractivity contribution in [3.63, 3.8) is 0 Å². The highest BCUT2D eigenvalue weighted by Gasteiger charge is 2.24. The average molecular weight is 370 g/mol. The molecule has 146 valence electrons. The summed E-state index contributed by atoms with van der Waals surface area (Å²) >= 11 is 0. The number of likely N-dealkylation sites (tertiary alicyclic amines) is 1. The van der Waals surface area contributed by atoms with E-state index in [2.05, 4.69) is 53.3 Å². The molecule has 0 aliphatic carbocycles. The van der Waals surface area contributed by atoms with Crippen molar-refractivity contribution in [2.24, 2.45) is 11.7 Å². The van der Waals surface area contributed by atoms with E-state index in [9.17, 15) is 4.79 Å². The van der Waals surface area contributed by atoms with Gasteiger partial charge in [0, 0.05) is 25.7 Å². The molecule has 1 aromatic heterocycles. The summed E-state index contributed by atoms with van der Waals surface area (Å²) in [7, 11) is 0. The second-order valence-electron chi connectivity index (χ2n) is 7.49. The summed E-state index contributed by atoms with van der Waals surface area (Å²) in [6.45, 7) is 7.04. The lowest BCUT2D eigenvalue weighted by molar-refractivity contribution is 0.0904. The molecule has 1 aliphatic rings. The average Bonchev–Trinajstić information content (AvgIpc) is 3.19. The van der Waals surface area contributed by atoms with Crippen molar-refractivity contribution in [2.45, 2.75) is 51.7 Å². The number of benzene rings is 1. The Hall–Kier alpha value is -2.18. The van der Waals surface area contributed by atoms with Gasteiger partial charge >= 0.3 is 0 Å². The van der Waals surface area contributed by atoms with E-state index in [4.69, 9.17) is 10.2 Å². The highest BCUT2D eigenvalue weighted by molar-refractivity contribution is 5.92. The van der Waals surface area contributed by atoms with Gasteiger partial charge in [-0.25, -0.2) is 4.98 Å². The molecule has 3 N–H and O–H groups in total. The SMILES string of the molecule is CCC(C)C(N)c1nc(C(=O)NC2CCN(Cc3ccccc3)CC2)co1. The van der Waals surface area contributed by atoms with Crippen molar-refractivity contribution in [1.82, 2.24) is 15.2 Å². The predicted octanol–water partition coefficient (Wildman–Crippen LogP) is 3.11. The van der Waals surface area contributed by atoms with Crippen LogP contribution in [0.2, 0.25) is 0 Å². The van der Waals surface area contributed by atoms with Gasteiger partial charge in [-0.15, -0.1) is 0 Å². The molecule has 1 aliphatic heterocycles. The molecule has 0 saturated carbocycles. The van der Waals surface area contributed by atoms with Gasteiger partial charge in [-0.1, -0.05) is 50.6 Å². The van der Waals surface area contributed by atoms with Gasteiger partial charge in [-0.05, 0) is 24.3 Å². The Labute approximate surface area is 161 Å². The Morgan fingerprint density at radius 1 is 1.33 bits per heavy atom. The Morgan fingerprint density at radius 2 is 2.04 bits per heavy atom. The summed E-state index contributed by atoms with van der Waals surface area (Å²) in [5.41, 5.74) is 7.77. The van der Waals surface area contributed by atoms with Crippen LogP contribution in [0.3, 0.4) is 0 Å². The number of hydrogen-bond donors (Lipinski definition) is 2. The first-order valence-corrected chi connectivity index (χ1v) is 9.85. The molecule has 1 fully saturated rings. The Kier molecular flexibility index (Phi) is 6.63. The molecule has 1 aromatic carbocycles. The monoisotopic (exact) mass is 370 g/mol. The van der Waals surface area contributed by atoms with E-state index in [1.807, 2.05) is 6.07 Å². The third-order valence-electron chi connectivity index (χ3n) is 5.47. The Bertz CT molecular complexity index is 723. The quantitative estimate of drug-likeness (QED) is 0.782. The first-order chi connectivity index (χ1) is 13.1. The smallest absolute Gasteiger partial charge is 0.273 e. The van der Waals surface area contributed by atoms with Gasteiger partial charge in [0.2, 0.25) is 5.89 Å². The highest BCUT2D eigenvalue weighted by atomic mass is 16.3. The van der Waals surface area contributed by atoms with Crippen LogP contribution in [0.15, 0.2) is 41.0 Å². The zero-order valence-electron chi connectivity index (χ0n) is 16.2. The molecule has 6 heteroatoms. The standard InChI is InChI=1S/C21H30N4O2/c1-3-15(2)19(22)21-24-18(14-27-21)20(26)23-17-9-11-25(12-10-17)13-16-7-5-4-6-8-16/h4-8,14-15,17,19H,3,9-13,22H2,1-2H3,(H,23,26). The molecule has 6 nitrogen and oxygen atoms in total. The molecule has 27 heavy (non-hydrogen) atoms. The number of oxazole rings is 1. The maximum absolute atomic E-state index is 12.5. The number of rotatable bonds is 7. The minimum absolute atomic E-state index is 0.174. The van der Waals surface area contributed by atoms with Gasteiger partial charge in [-0.2, -0.15) is 0 Å². The van der Waals surface area contributed by atoms with Gasteiger partial charge in [0.05, 0.1) is 6.04 Å². The molecule has 2 unspecified atom stereocenters. The lowest BCUT2D eigenvalue weighted by Crippen LogP contribution is -2.44. The van der Waals surface area contributed by atoms with Crippen molar-refractivity contribution in [1.29, 1.82) is 0 Å². The number of nitrogens with two attached hydrogens (primary N) is 1. The molecular formula is C21H30N4O2. The Balaban J connectivity index is 1.47. The van der Waals surface area contributed by atoms with Crippen LogP contribution in [0.25, 0.3) is 0 Å². The van der Waals surface area contributed by atoms with Crippen LogP contribution >= 0.6 is 0 Å². The van der Waals surface area contributed by atoms with Crippen LogP contribution in [-0.4, -0.2) is 34.9 Å². The second-order valence-corrected chi connectivity index (χ2v) is 7.49. The van der Waals surface area contributed by atoms with E-state index < -0.39 is 0 Å². The molecule has 1 saturated heterocycles. The molecule has 2 heterocycles. The van der Waals surface area contributed by atoms with Gasteiger partial charge in [0.15, 0.2) is 5.69 Å². The lowest BCUT2D eigenvalue weighted by Gasteiger charge is -2.32. The summed E-state index contributed by atoms with van der Waals surface area (Å²) in [6, 6.07) is 10.4. The topological polar surface area (TPSA) is 84.4 Å². The maximum Gasteiger partial charge on any atom is 0.273 e. The van der Waals surface area contributed by atoms with Crippen LogP contribution in [0.5, 0.6) is 0 Å². The third kappa shape index (κ3) is 5.17. The molecule has 3 rings (SSSR count). The summed E-state index contributed by atoms with van der Waals surface area (Å²) in [4.78, 5) is 19.2. The number of amides is 1. The van der Waals surface area contributed by atoms with E-state index in [1.54, 1.807) is 0 Å². The summed E-state index contributed by atoms with van der Waals surface area (Å²) in [5.74, 6) is 0.517.